The van der Waals surface area contributed by atoms with Crippen LogP contribution < -0.4 is 5.73 Å². The Balaban J connectivity index is 2.04. The Morgan fingerprint density at radius 1 is 1.50 bits per heavy atom. The first-order valence-electron chi connectivity index (χ1n) is 7.39. The van der Waals surface area contributed by atoms with Gasteiger partial charge in [-0.05, 0) is 37.3 Å². The molecule has 1 fully saturated rings. The summed E-state index contributed by atoms with van der Waals surface area (Å²) in [6, 6.07) is 8.29. The Kier molecular flexibility index (Phi) is 5.61. The van der Waals surface area contributed by atoms with Crippen molar-refractivity contribution in [3.63, 3.8) is 0 Å². The Hall–Kier alpha value is -0.870. The van der Waals surface area contributed by atoms with Gasteiger partial charge in [0.2, 0.25) is 5.91 Å². The number of piperidine rings is 1. The summed E-state index contributed by atoms with van der Waals surface area (Å²) in [7, 11) is 0. The molecular weight excluding hydrogens is 316 g/mol. The molecule has 1 amide bonds. The number of rotatable bonds is 4. The Bertz CT molecular complexity index is 464. The lowest BCUT2D eigenvalue weighted by Crippen LogP contribution is -2.48. The molecule has 0 unspecified atom stereocenters. The number of amides is 1. The number of carbonyl (C=O) groups is 1. The lowest BCUT2D eigenvalue weighted by Gasteiger charge is -2.33. The van der Waals surface area contributed by atoms with E-state index in [-0.39, 0.29) is 17.9 Å². The SMILES string of the molecule is CC[C@@H](Cc1ccccc1Br)C(=O)N1CCC[C@H](N)C1. The fourth-order valence-corrected chi connectivity index (χ4v) is 3.25. The number of likely N-dealkylation sites (tertiary alicyclic amines) is 1. The largest absolute Gasteiger partial charge is 0.341 e. The number of hydrogen-bond acceptors (Lipinski definition) is 2. The summed E-state index contributed by atoms with van der Waals surface area (Å²) in [4.78, 5) is 14.6. The van der Waals surface area contributed by atoms with E-state index in [2.05, 4.69) is 28.9 Å². The van der Waals surface area contributed by atoms with Gasteiger partial charge >= 0.3 is 0 Å². The highest BCUT2D eigenvalue weighted by molar-refractivity contribution is 9.10. The van der Waals surface area contributed by atoms with Crippen LogP contribution in [0.5, 0.6) is 0 Å². The fourth-order valence-electron chi connectivity index (χ4n) is 2.80. The average Bonchev–Trinajstić information content (AvgIpc) is 2.46. The Morgan fingerprint density at radius 3 is 2.90 bits per heavy atom. The number of nitrogens with two attached hydrogens (primary N) is 1. The third kappa shape index (κ3) is 3.83. The molecule has 2 rings (SSSR count). The van der Waals surface area contributed by atoms with Crippen LogP contribution in [-0.4, -0.2) is 29.9 Å². The molecule has 1 aromatic rings. The summed E-state index contributed by atoms with van der Waals surface area (Å²) in [5.74, 6) is 0.317. The van der Waals surface area contributed by atoms with Crippen molar-refractivity contribution in [2.45, 2.75) is 38.6 Å². The minimum atomic E-state index is 0.0546. The number of halogens is 1. The lowest BCUT2D eigenvalue weighted by molar-refractivity contribution is -0.136. The molecule has 0 saturated carbocycles. The van der Waals surface area contributed by atoms with Gasteiger partial charge in [-0.15, -0.1) is 0 Å². The van der Waals surface area contributed by atoms with E-state index in [1.54, 1.807) is 0 Å². The molecular formula is C16H23BrN2O. The Morgan fingerprint density at radius 2 is 2.25 bits per heavy atom. The molecule has 1 aliphatic heterocycles. The first kappa shape index (κ1) is 15.5. The highest BCUT2D eigenvalue weighted by atomic mass is 79.9. The Labute approximate surface area is 129 Å². The van der Waals surface area contributed by atoms with E-state index in [1.165, 1.54) is 5.56 Å². The van der Waals surface area contributed by atoms with Gasteiger partial charge in [-0.1, -0.05) is 41.1 Å². The summed E-state index contributed by atoms with van der Waals surface area (Å²) in [6.45, 7) is 3.66. The molecule has 1 aliphatic rings. The molecule has 110 valence electrons. The summed E-state index contributed by atoms with van der Waals surface area (Å²) >= 11 is 3.56. The van der Waals surface area contributed by atoms with Crippen LogP contribution in [0.3, 0.4) is 0 Å². The zero-order valence-electron chi connectivity index (χ0n) is 12.0. The topological polar surface area (TPSA) is 46.3 Å². The predicted molar refractivity (Wildman–Crippen MR) is 85.4 cm³/mol. The number of hydrogen-bond donors (Lipinski definition) is 1. The van der Waals surface area contributed by atoms with Gasteiger partial charge < -0.3 is 10.6 Å². The summed E-state index contributed by atoms with van der Waals surface area (Å²) in [5, 5.41) is 0. The molecule has 1 aromatic carbocycles. The fraction of sp³-hybridized carbons (Fsp3) is 0.562. The minimum absolute atomic E-state index is 0.0546. The average molecular weight is 339 g/mol. The van der Waals surface area contributed by atoms with E-state index in [1.807, 2.05) is 23.1 Å². The number of benzene rings is 1. The maximum absolute atomic E-state index is 12.6. The van der Waals surface area contributed by atoms with Gasteiger partial charge in [0.05, 0.1) is 0 Å². The van der Waals surface area contributed by atoms with Crippen LogP contribution in [-0.2, 0) is 11.2 Å². The van der Waals surface area contributed by atoms with Crippen molar-refractivity contribution in [2.75, 3.05) is 13.1 Å². The van der Waals surface area contributed by atoms with Crippen LogP contribution in [0.2, 0.25) is 0 Å². The third-order valence-electron chi connectivity index (χ3n) is 4.04. The van der Waals surface area contributed by atoms with Crippen molar-refractivity contribution in [3.05, 3.63) is 34.3 Å². The molecule has 0 radical (unpaired) electrons. The molecule has 1 heterocycles. The zero-order chi connectivity index (χ0) is 14.5. The van der Waals surface area contributed by atoms with Gasteiger partial charge in [-0.2, -0.15) is 0 Å². The quantitative estimate of drug-likeness (QED) is 0.917. The van der Waals surface area contributed by atoms with Gasteiger partial charge in [-0.3, -0.25) is 4.79 Å². The minimum Gasteiger partial charge on any atom is -0.341 e. The van der Waals surface area contributed by atoms with Gasteiger partial charge in [0.15, 0.2) is 0 Å². The van der Waals surface area contributed by atoms with Crippen LogP contribution in [0.1, 0.15) is 31.7 Å². The van der Waals surface area contributed by atoms with E-state index in [9.17, 15) is 4.79 Å². The van der Waals surface area contributed by atoms with Crippen LogP contribution in [0.25, 0.3) is 0 Å². The van der Waals surface area contributed by atoms with E-state index < -0.39 is 0 Å². The standard InChI is InChI=1S/C16H23BrN2O/c1-2-12(10-13-6-3-4-8-15(13)17)16(20)19-9-5-7-14(18)11-19/h3-4,6,8,12,14H,2,5,7,9-11,18H2,1H3/t12-,14-/m0/s1. The maximum atomic E-state index is 12.6. The molecule has 2 N–H and O–H groups in total. The second-order valence-electron chi connectivity index (χ2n) is 5.59. The van der Waals surface area contributed by atoms with E-state index in [0.717, 1.165) is 36.7 Å². The second-order valence-corrected chi connectivity index (χ2v) is 6.44. The maximum Gasteiger partial charge on any atom is 0.226 e. The normalized spacial score (nSPS) is 20.8. The monoisotopic (exact) mass is 338 g/mol. The van der Waals surface area contributed by atoms with Crippen LogP contribution >= 0.6 is 15.9 Å². The lowest BCUT2D eigenvalue weighted by atomic mass is 9.94. The zero-order valence-corrected chi connectivity index (χ0v) is 13.6. The molecule has 0 aliphatic carbocycles. The molecule has 0 aromatic heterocycles. The molecule has 3 nitrogen and oxygen atoms in total. The predicted octanol–water partition coefficient (Wildman–Crippen LogP) is 2.97. The van der Waals surface area contributed by atoms with E-state index in [0.29, 0.717) is 6.54 Å². The van der Waals surface area contributed by atoms with Crippen LogP contribution in [0, 0.1) is 5.92 Å². The van der Waals surface area contributed by atoms with Gasteiger partial charge in [0.25, 0.3) is 0 Å². The highest BCUT2D eigenvalue weighted by Crippen LogP contribution is 2.23. The first-order valence-corrected chi connectivity index (χ1v) is 8.19. The van der Waals surface area contributed by atoms with E-state index >= 15 is 0 Å². The molecule has 0 bridgehead atoms. The molecule has 2 atom stereocenters. The van der Waals surface area contributed by atoms with Crippen molar-refractivity contribution in [3.8, 4) is 0 Å². The molecule has 20 heavy (non-hydrogen) atoms. The molecule has 1 saturated heterocycles. The van der Waals surface area contributed by atoms with Gasteiger partial charge in [0, 0.05) is 29.5 Å². The van der Waals surface area contributed by atoms with Crippen molar-refractivity contribution < 1.29 is 4.79 Å². The van der Waals surface area contributed by atoms with Crippen molar-refractivity contribution >= 4 is 21.8 Å². The summed E-state index contributed by atoms with van der Waals surface area (Å²) in [6.07, 6.45) is 3.72. The van der Waals surface area contributed by atoms with Crippen molar-refractivity contribution in [1.82, 2.24) is 4.90 Å². The highest BCUT2D eigenvalue weighted by Gasteiger charge is 2.27. The van der Waals surface area contributed by atoms with Gasteiger partial charge in [0.1, 0.15) is 0 Å². The first-order chi connectivity index (χ1) is 9.61. The summed E-state index contributed by atoms with van der Waals surface area (Å²) < 4.78 is 1.08. The van der Waals surface area contributed by atoms with E-state index in [4.69, 9.17) is 5.73 Å². The van der Waals surface area contributed by atoms with Crippen LogP contribution in [0.15, 0.2) is 28.7 Å². The number of nitrogens with zero attached hydrogens (tertiary/aromatic N) is 1. The molecule has 0 spiro atoms. The van der Waals surface area contributed by atoms with Crippen LogP contribution in [0.4, 0.5) is 0 Å². The second kappa shape index (κ2) is 7.23. The van der Waals surface area contributed by atoms with Crippen molar-refractivity contribution in [1.29, 1.82) is 0 Å². The third-order valence-corrected chi connectivity index (χ3v) is 4.81. The summed E-state index contributed by atoms with van der Waals surface area (Å²) in [5.41, 5.74) is 7.18. The number of carbonyl (C=O) groups excluding carboxylic acids is 1. The van der Waals surface area contributed by atoms with Gasteiger partial charge in [-0.25, -0.2) is 0 Å². The van der Waals surface area contributed by atoms with Crippen molar-refractivity contribution in [2.24, 2.45) is 11.7 Å². The molecule has 4 heteroatoms. The smallest absolute Gasteiger partial charge is 0.226 e.